The first-order valence-electron chi connectivity index (χ1n) is 7.34. The standard InChI is InChI=1S/C17H14N4OS2/c1-20(2)12-7-5-11(6-8-12)10-14-16(22)21-17(24-14)18-15(19-21)13-4-3-9-23-13/h3-10H,1-2H3/b14-10-. The van der Waals surface area contributed by atoms with Crippen LogP contribution >= 0.6 is 22.7 Å². The first-order valence-corrected chi connectivity index (χ1v) is 9.04. The third kappa shape index (κ3) is 2.61. The van der Waals surface area contributed by atoms with E-state index in [1.54, 1.807) is 11.3 Å². The molecule has 0 unspecified atom stereocenters. The van der Waals surface area contributed by atoms with Crippen LogP contribution in [0.15, 0.2) is 46.6 Å². The lowest BCUT2D eigenvalue weighted by Crippen LogP contribution is -2.23. The van der Waals surface area contributed by atoms with Gasteiger partial charge in [-0.3, -0.25) is 4.79 Å². The van der Waals surface area contributed by atoms with E-state index in [1.807, 2.05) is 66.8 Å². The largest absolute Gasteiger partial charge is 0.378 e. The summed E-state index contributed by atoms with van der Waals surface area (Å²) >= 11 is 2.93. The van der Waals surface area contributed by atoms with E-state index in [-0.39, 0.29) is 5.56 Å². The second-order valence-electron chi connectivity index (χ2n) is 5.51. The number of fused-ring (bicyclic) bond motifs is 1. The van der Waals surface area contributed by atoms with Gasteiger partial charge in [-0.25, -0.2) is 0 Å². The molecule has 4 aromatic rings. The molecule has 3 aromatic heterocycles. The van der Waals surface area contributed by atoms with Crippen molar-refractivity contribution < 1.29 is 0 Å². The van der Waals surface area contributed by atoms with Crippen molar-refractivity contribution in [1.29, 1.82) is 0 Å². The Morgan fingerprint density at radius 2 is 1.96 bits per heavy atom. The molecule has 0 atom stereocenters. The van der Waals surface area contributed by atoms with Gasteiger partial charge in [0.25, 0.3) is 5.56 Å². The van der Waals surface area contributed by atoms with Gasteiger partial charge >= 0.3 is 0 Å². The highest BCUT2D eigenvalue weighted by molar-refractivity contribution is 7.15. The summed E-state index contributed by atoms with van der Waals surface area (Å²) in [6, 6.07) is 12.0. The zero-order chi connectivity index (χ0) is 16.7. The predicted octanol–water partition coefficient (Wildman–Crippen LogP) is 2.49. The number of rotatable bonds is 3. The number of thiophene rings is 1. The minimum Gasteiger partial charge on any atom is -0.378 e. The summed E-state index contributed by atoms with van der Waals surface area (Å²) in [5, 5.41) is 6.31. The first kappa shape index (κ1) is 15.0. The Hall–Kier alpha value is -2.51. The minimum atomic E-state index is -0.123. The Labute approximate surface area is 146 Å². The molecule has 3 heterocycles. The zero-order valence-electron chi connectivity index (χ0n) is 13.1. The highest BCUT2D eigenvalue weighted by Crippen LogP contribution is 2.21. The van der Waals surface area contributed by atoms with E-state index in [1.165, 1.54) is 15.9 Å². The summed E-state index contributed by atoms with van der Waals surface area (Å²) in [4.78, 5) is 20.6. The number of benzene rings is 1. The molecule has 0 bridgehead atoms. The molecule has 4 rings (SSSR count). The van der Waals surface area contributed by atoms with Gasteiger partial charge in [0.1, 0.15) is 0 Å². The molecule has 0 radical (unpaired) electrons. The Morgan fingerprint density at radius 3 is 2.58 bits per heavy atom. The van der Waals surface area contributed by atoms with E-state index >= 15 is 0 Å². The third-order valence-corrected chi connectivity index (χ3v) is 5.46. The van der Waals surface area contributed by atoms with Gasteiger partial charge in [-0.1, -0.05) is 29.5 Å². The van der Waals surface area contributed by atoms with E-state index in [4.69, 9.17) is 0 Å². The van der Waals surface area contributed by atoms with Gasteiger partial charge in [0.15, 0.2) is 5.82 Å². The van der Waals surface area contributed by atoms with Crippen molar-refractivity contribution in [3.05, 3.63) is 62.2 Å². The molecule has 120 valence electrons. The van der Waals surface area contributed by atoms with E-state index in [0.29, 0.717) is 15.3 Å². The average Bonchev–Trinajstić information content (AvgIpc) is 3.27. The quantitative estimate of drug-likeness (QED) is 0.567. The van der Waals surface area contributed by atoms with Gasteiger partial charge < -0.3 is 4.90 Å². The molecule has 5 nitrogen and oxygen atoms in total. The van der Waals surface area contributed by atoms with Crippen LogP contribution < -0.4 is 15.0 Å². The number of aromatic nitrogens is 3. The Morgan fingerprint density at radius 1 is 1.17 bits per heavy atom. The molecule has 0 aliphatic heterocycles. The maximum atomic E-state index is 12.5. The summed E-state index contributed by atoms with van der Waals surface area (Å²) in [7, 11) is 4.00. The summed E-state index contributed by atoms with van der Waals surface area (Å²) in [6.45, 7) is 0. The third-order valence-electron chi connectivity index (χ3n) is 3.63. The summed E-state index contributed by atoms with van der Waals surface area (Å²) in [6.07, 6.45) is 1.88. The number of hydrogen-bond donors (Lipinski definition) is 0. The predicted molar refractivity (Wildman–Crippen MR) is 100 cm³/mol. The minimum absolute atomic E-state index is 0.123. The second-order valence-corrected chi connectivity index (χ2v) is 7.47. The van der Waals surface area contributed by atoms with Crippen LogP contribution in [-0.2, 0) is 0 Å². The monoisotopic (exact) mass is 354 g/mol. The van der Waals surface area contributed by atoms with E-state index in [9.17, 15) is 4.79 Å². The molecular formula is C17H14N4OS2. The van der Waals surface area contributed by atoms with Gasteiger partial charge in [-0.2, -0.15) is 9.50 Å². The number of hydrogen-bond acceptors (Lipinski definition) is 6. The van der Waals surface area contributed by atoms with Crippen LogP contribution in [0.25, 0.3) is 21.7 Å². The molecule has 0 amide bonds. The lowest BCUT2D eigenvalue weighted by molar-refractivity contribution is 0.938. The van der Waals surface area contributed by atoms with E-state index < -0.39 is 0 Å². The van der Waals surface area contributed by atoms with Gasteiger partial charge in [0, 0.05) is 19.8 Å². The fourth-order valence-electron chi connectivity index (χ4n) is 2.36. The summed E-state index contributed by atoms with van der Waals surface area (Å²) < 4.78 is 2.03. The van der Waals surface area contributed by atoms with Crippen LogP contribution in [0, 0.1) is 0 Å². The molecule has 0 aliphatic rings. The smallest absolute Gasteiger partial charge is 0.291 e. The molecule has 0 N–H and O–H groups in total. The van der Waals surface area contributed by atoms with Crippen molar-refractivity contribution >= 4 is 39.4 Å². The fourth-order valence-corrected chi connectivity index (χ4v) is 3.92. The Bertz CT molecular complexity index is 1090. The van der Waals surface area contributed by atoms with Crippen LogP contribution in [0.2, 0.25) is 0 Å². The Kier molecular flexibility index (Phi) is 3.66. The van der Waals surface area contributed by atoms with E-state index in [0.717, 1.165) is 16.1 Å². The Balaban J connectivity index is 1.76. The summed E-state index contributed by atoms with van der Waals surface area (Å²) in [5.41, 5.74) is 1.99. The average molecular weight is 354 g/mol. The van der Waals surface area contributed by atoms with Crippen LogP contribution in [0.5, 0.6) is 0 Å². The van der Waals surface area contributed by atoms with Gasteiger partial charge in [0.05, 0.1) is 9.41 Å². The van der Waals surface area contributed by atoms with Gasteiger partial charge in [-0.05, 0) is 35.2 Å². The van der Waals surface area contributed by atoms with Crippen LogP contribution in [0.1, 0.15) is 5.56 Å². The van der Waals surface area contributed by atoms with Crippen LogP contribution in [0.3, 0.4) is 0 Å². The number of thiazole rings is 1. The number of nitrogens with zero attached hydrogens (tertiary/aromatic N) is 4. The highest BCUT2D eigenvalue weighted by atomic mass is 32.1. The fraction of sp³-hybridized carbons (Fsp3) is 0.118. The lowest BCUT2D eigenvalue weighted by atomic mass is 10.2. The maximum Gasteiger partial charge on any atom is 0.291 e. The normalized spacial score (nSPS) is 12.2. The van der Waals surface area contributed by atoms with Gasteiger partial charge in [0.2, 0.25) is 4.96 Å². The molecule has 0 aliphatic carbocycles. The first-order chi connectivity index (χ1) is 11.6. The van der Waals surface area contributed by atoms with Crippen LogP contribution in [-0.4, -0.2) is 28.7 Å². The molecular weight excluding hydrogens is 340 g/mol. The van der Waals surface area contributed by atoms with Crippen molar-refractivity contribution in [2.24, 2.45) is 0 Å². The SMILES string of the molecule is CN(C)c1ccc(/C=c2\sc3nc(-c4cccs4)nn3c2=O)cc1. The van der Waals surface area contributed by atoms with Gasteiger partial charge in [-0.15, -0.1) is 16.4 Å². The van der Waals surface area contributed by atoms with Crippen molar-refractivity contribution in [2.45, 2.75) is 0 Å². The molecule has 0 spiro atoms. The topological polar surface area (TPSA) is 50.5 Å². The highest BCUT2D eigenvalue weighted by Gasteiger charge is 2.12. The zero-order valence-corrected chi connectivity index (χ0v) is 14.8. The van der Waals surface area contributed by atoms with Crippen LogP contribution in [0.4, 0.5) is 5.69 Å². The molecule has 0 fully saturated rings. The summed E-state index contributed by atoms with van der Waals surface area (Å²) in [5.74, 6) is 0.607. The second kappa shape index (κ2) is 5.85. The van der Waals surface area contributed by atoms with Crippen molar-refractivity contribution in [3.63, 3.8) is 0 Å². The maximum absolute atomic E-state index is 12.5. The molecule has 0 saturated heterocycles. The van der Waals surface area contributed by atoms with Crippen molar-refractivity contribution in [2.75, 3.05) is 19.0 Å². The molecule has 7 heteroatoms. The van der Waals surface area contributed by atoms with E-state index in [2.05, 4.69) is 10.1 Å². The molecule has 1 aromatic carbocycles. The molecule has 0 saturated carbocycles. The molecule has 24 heavy (non-hydrogen) atoms. The lowest BCUT2D eigenvalue weighted by Gasteiger charge is -2.11. The van der Waals surface area contributed by atoms with Crippen molar-refractivity contribution in [1.82, 2.24) is 14.6 Å². The number of anilines is 1. The van der Waals surface area contributed by atoms with Crippen molar-refractivity contribution in [3.8, 4) is 10.7 Å².